The Morgan fingerprint density at radius 1 is 0.321 bits per heavy atom. The molecule has 0 aliphatic rings. The zero-order chi connectivity index (χ0) is 35.1. The van der Waals surface area contributed by atoms with Crippen LogP contribution in [0.15, 0.2) is 188 Å². The highest BCUT2D eigenvalue weighted by Gasteiger charge is 2.18. The number of hydrogen-bond donors (Lipinski definition) is 0. The van der Waals surface area contributed by atoms with Gasteiger partial charge in [0, 0.05) is 36.9 Å². The first-order chi connectivity index (χ1) is 26.3. The third-order valence-electron chi connectivity index (χ3n) is 9.93. The van der Waals surface area contributed by atoms with E-state index in [4.69, 9.17) is 15.0 Å². The maximum atomic E-state index is 5.23. The van der Waals surface area contributed by atoms with Gasteiger partial charge in [0.15, 0.2) is 17.5 Å². The smallest absolute Gasteiger partial charge is 0.165 e. The topological polar surface area (TPSA) is 38.7 Å². The minimum absolute atomic E-state index is 0.640. The van der Waals surface area contributed by atoms with Crippen molar-refractivity contribution in [2.75, 3.05) is 0 Å². The van der Waals surface area contributed by atoms with Crippen molar-refractivity contribution < 1.29 is 0 Å². The summed E-state index contributed by atoms with van der Waals surface area (Å²) in [5.74, 6) is 1.96. The lowest BCUT2D eigenvalue weighted by Gasteiger charge is -2.16. The molecule has 0 unspecified atom stereocenters. The van der Waals surface area contributed by atoms with Crippen LogP contribution in [0.3, 0.4) is 0 Å². The van der Waals surface area contributed by atoms with Gasteiger partial charge >= 0.3 is 0 Å². The summed E-state index contributed by atoms with van der Waals surface area (Å²) in [6, 6.07) is 66.4. The summed E-state index contributed by atoms with van der Waals surface area (Å²) in [4.78, 5) is 15.5. The molecular formula is C49H31N3S. The Kier molecular flexibility index (Phi) is 7.67. The van der Waals surface area contributed by atoms with Crippen molar-refractivity contribution in [2.24, 2.45) is 0 Å². The minimum Gasteiger partial charge on any atom is -0.208 e. The Balaban J connectivity index is 1.17. The summed E-state index contributed by atoms with van der Waals surface area (Å²) in [5, 5.41) is 4.86. The average molecular weight is 694 g/mol. The molecule has 2 aromatic heterocycles. The van der Waals surface area contributed by atoms with Crippen molar-refractivity contribution >= 4 is 42.3 Å². The van der Waals surface area contributed by atoms with Crippen molar-refractivity contribution in [1.82, 2.24) is 15.0 Å². The van der Waals surface area contributed by atoms with Gasteiger partial charge in [0.2, 0.25) is 0 Å². The first kappa shape index (κ1) is 31.0. The van der Waals surface area contributed by atoms with Crippen LogP contribution < -0.4 is 0 Å². The van der Waals surface area contributed by atoms with Gasteiger partial charge in [0.1, 0.15) is 0 Å². The number of nitrogens with zero attached hydrogens (tertiary/aromatic N) is 3. The number of thiophene rings is 1. The molecule has 0 amide bonds. The fraction of sp³-hybridized carbons (Fsp3) is 0. The normalized spacial score (nSPS) is 11.4. The van der Waals surface area contributed by atoms with E-state index in [0.29, 0.717) is 17.5 Å². The van der Waals surface area contributed by atoms with Gasteiger partial charge in [-0.1, -0.05) is 164 Å². The van der Waals surface area contributed by atoms with E-state index in [1.165, 1.54) is 58.8 Å². The molecule has 10 rings (SSSR count). The van der Waals surface area contributed by atoms with E-state index in [-0.39, 0.29) is 0 Å². The Morgan fingerprint density at radius 2 is 0.887 bits per heavy atom. The maximum absolute atomic E-state index is 5.23. The highest BCUT2D eigenvalue weighted by Crippen LogP contribution is 2.42. The number of aromatic nitrogens is 3. The molecule has 0 aliphatic carbocycles. The van der Waals surface area contributed by atoms with E-state index >= 15 is 0 Å². The Bertz CT molecular complexity index is 2950. The predicted molar refractivity (Wildman–Crippen MR) is 223 cm³/mol. The second-order valence-corrected chi connectivity index (χ2v) is 14.2. The standard InChI is InChI=1S/C49H31N3S/c1-3-14-32(15-4-1)35-19-11-20-36(30-35)40-29-28-33-16-7-8-23-39(33)45(40)37-21-12-22-38(31-37)48-50-47(34-17-5-2-6-18-34)51-49(52-48)43-26-13-25-42-41-24-9-10-27-44(41)53-46(42)43/h1-31H. The van der Waals surface area contributed by atoms with Crippen LogP contribution in [0.5, 0.6) is 0 Å². The van der Waals surface area contributed by atoms with Crippen molar-refractivity contribution in [3.8, 4) is 67.5 Å². The van der Waals surface area contributed by atoms with Crippen LogP contribution in [0, 0.1) is 0 Å². The van der Waals surface area contributed by atoms with Crippen molar-refractivity contribution in [3.63, 3.8) is 0 Å². The highest BCUT2D eigenvalue weighted by molar-refractivity contribution is 7.26. The fourth-order valence-corrected chi connectivity index (χ4v) is 8.61. The number of hydrogen-bond acceptors (Lipinski definition) is 4. The molecule has 53 heavy (non-hydrogen) atoms. The molecule has 0 N–H and O–H groups in total. The molecule has 0 aliphatic heterocycles. The summed E-state index contributed by atoms with van der Waals surface area (Å²) >= 11 is 1.79. The van der Waals surface area contributed by atoms with E-state index < -0.39 is 0 Å². The Morgan fingerprint density at radius 3 is 1.72 bits per heavy atom. The summed E-state index contributed by atoms with van der Waals surface area (Å²) < 4.78 is 2.43. The molecular weight excluding hydrogens is 663 g/mol. The summed E-state index contributed by atoms with van der Waals surface area (Å²) in [6.07, 6.45) is 0. The summed E-state index contributed by atoms with van der Waals surface area (Å²) in [6.45, 7) is 0. The van der Waals surface area contributed by atoms with Crippen LogP contribution in [0.4, 0.5) is 0 Å². The lowest BCUT2D eigenvalue weighted by atomic mass is 9.88. The molecule has 0 bridgehead atoms. The third-order valence-corrected chi connectivity index (χ3v) is 11.2. The van der Waals surface area contributed by atoms with Crippen LogP contribution in [-0.4, -0.2) is 15.0 Å². The summed E-state index contributed by atoms with van der Waals surface area (Å²) in [5.41, 5.74) is 9.92. The predicted octanol–water partition coefficient (Wildman–Crippen LogP) is 13.4. The molecule has 0 saturated heterocycles. The average Bonchev–Trinajstić information content (AvgIpc) is 3.63. The van der Waals surface area contributed by atoms with E-state index in [0.717, 1.165) is 22.3 Å². The van der Waals surface area contributed by atoms with E-state index in [9.17, 15) is 0 Å². The van der Waals surface area contributed by atoms with Crippen LogP contribution >= 0.6 is 11.3 Å². The van der Waals surface area contributed by atoms with Gasteiger partial charge in [-0.25, -0.2) is 15.0 Å². The lowest BCUT2D eigenvalue weighted by Crippen LogP contribution is -2.00. The molecule has 2 heterocycles. The number of rotatable bonds is 6. The van der Waals surface area contributed by atoms with Crippen LogP contribution in [-0.2, 0) is 0 Å². The quantitative estimate of drug-likeness (QED) is 0.174. The fourth-order valence-electron chi connectivity index (χ4n) is 7.40. The van der Waals surface area contributed by atoms with Gasteiger partial charge < -0.3 is 0 Å². The Hall–Kier alpha value is -6.75. The molecule has 10 aromatic rings. The molecule has 4 heteroatoms. The van der Waals surface area contributed by atoms with E-state index in [1.807, 2.05) is 18.2 Å². The molecule has 248 valence electrons. The molecule has 0 spiro atoms. The SMILES string of the molecule is c1ccc(-c2cccc(-c3ccc4ccccc4c3-c3cccc(-c4nc(-c5ccccc5)nc(-c5cccc6c5sc5ccccc56)n4)c3)c2)cc1. The monoisotopic (exact) mass is 693 g/mol. The first-order valence-corrected chi connectivity index (χ1v) is 18.6. The van der Waals surface area contributed by atoms with Crippen molar-refractivity contribution in [1.29, 1.82) is 0 Å². The second-order valence-electron chi connectivity index (χ2n) is 13.2. The van der Waals surface area contributed by atoms with Crippen molar-refractivity contribution in [2.45, 2.75) is 0 Å². The lowest BCUT2D eigenvalue weighted by molar-refractivity contribution is 1.08. The van der Waals surface area contributed by atoms with Gasteiger partial charge in [-0.05, 0) is 68.4 Å². The van der Waals surface area contributed by atoms with Crippen LogP contribution in [0.1, 0.15) is 0 Å². The summed E-state index contributed by atoms with van der Waals surface area (Å²) in [7, 11) is 0. The minimum atomic E-state index is 0.640. The second kappa shape index (κ2) is 13.1. The molecule has 0 atom stereocenters. The molecule has 3 nitrogen and oxygen atoms in total. The van der Waals surface area contributed by atoms with Crippen molar-refractivity contribution in [3.05, 3.63) is 188 Å². The maximum Gasteiger partial charge on any atom is 0.165 e. The van der Waals surface area contributed by atoms with Gasteiger partial charge in [0.25, 0.3) is 0 Å². The zero-order valence-corrected chi connectivity index (χ0v) is 29.5. The van der Waals surface area contributed by atoms with Crippen LogP contribution in [0.2, 0.25) is 0 Å². The van der Waals surface area contributed by atoms with Gasteiger partial charge in [0.05, 0.1) is 0 Å². The van der Waals surface area contributed by atoms with E-state index in [1.54, 1.807) is 11.3 Å². The first-order valence-electron chi connectivity index (χ1n) is 17.8. The molecule has 0 saturated carbocycles. The van der Waals surface area contributed by atoms with Gasteiger partial charge in [-0.2, -0.15) is 0 Å². The largest absolute Gasteiger partial charge is 0.208 e. The highest BCUT2D eigenvalue weighted by atomic mass is 32.1. The van der Waals surface area contributed by atoms with Gasteiger partial charge in [-0.15, -0.1) is 11.3 Å². The Labute approximate surface area is 311 Å². The van der Waals surface area contributed by atoms with Gasteiger partial charge in [-0.3, -0.25) is 0 Å². The van der Waals surface area contributed by atoms with Crippen LogP contribution in [0.25, 0.3) is 98.5 Å². The molecule has 0 fully saturated rings. The third kappa shape index (κ3) is 5.66. The number of fused-ring (bicyclic) bond motifs is 4. The molecule has 0 radical (unpaired) electrons. The zero-order valence-electron chi connectivity index (χ0n) is 28.6. The number of benzene rings is 8. The molecule has 8 aromatic carbocycles. The van der Waals surface area contributed by atoms with E-state index in [2.05, 4.69) is 170 Å².